The molecule has 2 aliphatic heterocycles. The zero-order valence-corrected chi connectivity index (χ0v) is 13.8. The summed E-state index contributed by atoms with van der Waals surface area (Å²) in [7, 11) is 1.95. The van der Waals surface area contributed by atoms with Gasteiger partial charge in [-0.25, -0.2) is 0 Å². The molecule has 1 saturated carbocycles. The van der Waals surface area contributed by atoms with Crippen molar-refractivity contribution in [3.63, 3.8) is 0 Å². The Bertz CT molecular complexity index is 575. The van der Waals surface area contributed by atoms with Crippen molar-refractivity contribution in [3.05, 3.63) is 18.0 Å². The van der Waals surface area contributed by atoms with Gasteiger partial charge >= 0.3 is 0 Å². The molecule has 1 aromatic rings. The fourth-order valence-electron chi connectivity index (χ4n) is 4.10. The van der Waals surface area contributed by atoms with Gasteiger partial charge in [0.15, 0.2) is 0 Å². The van der Waals surface area contributed by atoms with Crippen molar-refractivity contribution in [3.8, 4) is 0 Å². The molecule has 1 spiro atoms. The Hall–Kier alpha value is -1.40. The highest BCUT2D eigenvalue weighted by Crippen LogP contribution is 2.41. The molecule has 2 saturated heterocycles. The minimum Gasteiger partial charge on any atom is -0.376 e. The van der Waals surface area contributed by atoms with Gasteiger partial charge in [-0.1, -0.05) is 6.42 Å². The van der Waals surface area contributed by atoms with E-state index in [0.717, 1.165) is 45.5 Å². The zero-order valence-electron chi connectivity index (χ0n) is 13.8. The van der Waals surface area contributed by atoms with Gasteiger partial charge in [-0.05, 0) is 19.3 Å². The molecule has 3 heterocycles. The monoisotopic (exact) mass is 318 g/mol. The van der Waals surface area contributed by atoms with E-state index in [1.54, 1.807) is 0 Å². The first-order valence-corrected chi connectivity index (χ1v) is 8.71. The fourth-order valence-corrected chi connectivity index (χ4v) is 4.10. The van der Waals surface area contributed by atoms with Crippen LogP contribution in [-0.2, 0) is 23.1 Å². The first-order chi connectivity index (χ1) is 11.1. The van der Waals surface area contributed by atoms with Crippen LogP contribution < -0.4 is 5.32 Å². The van der Waals surface area contributed by atoms with E-state index in [4.69, 9.17) is 4.74 Å². The number of ether oxygens (including phenoxy) is 1. The Balaban J connectivity index is 1.19. The number of carbonyl (C=O) groups is 1. The largest absolute Gasteiger partial charge is 0.376 e. The minimum absolute atomic E-state index is 0.194. The van der Waals surface area contributed by atoms with Crippen molar-refractivity contribution >= 4 is 5.91 Å². The summed E-state index contributed by atoms with van der Waals surface area (Å²) in [6.07, 6.45) is 8.61. The molecule has 1 aliphatic carbocycles. The molecule has 6 nitrogen and oxygen atoms in total. The molecule has 0 unspecified atom stereocenters. The van der Waals surface area contributed by atoms with E-state index in [-0.39, 0.29) is 17.9 Å². The number of aromatic nitrogens is 2. The van der Waals surface area contributed by atoms with E-state index in [1.165, 1.54) is 12.0 Å². The van der Waals surface area contributed by atoms with Crippen molar-refractivity contribution in [1.82, 2.24) is 20.0 Å². The third-order valence-electron chi connectivity index (χ3n) is 5.55. The van der Waals surface area contributed by atoms with Crippen molar-refractivity contribution < 1.29 is 9.53 Å². The standard InChI is InChI=1S/C17H26N4O2/c1-20-8-13(6-19-20)9-21-10-17(11-21)5-15(23-12-17)7-18-16(22)14-3-2-4-14/h6,8,14-15H,2-5,7,9-12H2,1H3,(H,18,22)/t15-/m0/s1. The number of amides is 1. The predicted octanol–water partition coefficient (Wildman–Crippen LogP) is 0.927. The van der Waals surface area contributed by atoms with Crippen molar-refractivity contribution in [2.45, 2.75) is 38.3 Å². The second-order valence-electron chi connectivity index (χ2n) is 7.68. The van der Waals surface area contributed by atoms with Crippen LogP contribution >= 0.6 is 0 Å². The van der Waals surface area contributed by atoms with E-state index < -0.39 is 0 Å². The summed E-state index contributed by atoms with van der Waals surface area (Å²) in [6.45, 7) is 4.67. The number of hydrogen-bond acceptors (Lipinski definition) is 4. The topological polar surface area (TPSA) is 59.4 Å². The zero-order chi connectivity index (χ0) is 15.9. The van der Waals surface area contributed by atoms with Gasteiger partial charge in [0, 0.05) is 56.3 Å². The van der Waals surface area contributed by atoms with Crippen LogP contribution in [0.3, 0.4) is 0 Å². The van der Waals surface area contributed by atoms with Crippen LogP contribution in [0.25, 0.3) is 0 Å². The SMILES string of the molecule is Cn1cc(CN2CC3(CO[C@H](CNC(=O)C4CCC4)C3)C2)cn1. The van der Waals surface area contributed by atoms with Crippen molar-refractivity contribution in [2.24, 2.45) is 18.4 Å². The van der Waals surface area contributed by atoms with Gasteiger partial charge in [0.2, 0.25) is 5.91 Å². The number of nitrogens with one attached hydrogen (secondary N) is 1. The fraction of sp³-hybridized carbons (Fsp3) is 0.765. The van der Waals surface area contributed by atoms with Gasteiger partial charge in [-0.3, -0.25) is 14.4 Å². The second-order valence-corrected chi connectivity index (χ2v) is 7.68. The Morgan fingerprint density at radius 3 is 2.96 bits per heavy atom. The minimum atomic E-state index is 0.194. The maximum absolute atomic E-state index is 11.9. The molecule has 6 heteroatoms. The molecule has 3 fully saturated rings. The quantitative estimate of drug-likeness (QED) is 0.877. The summed E-state index contributed by atoms with van der Waals surface area (Å²) in [5.41, 5.74) is 1.58. The summed E-state index contributed by atoms with van der Waals surface area (Å²) in [6, 6.07) is 0. The lowest BCUT2D eigenvalue weighted by molar-refractivity contribution is -0.127. The van der Waals surface area contributed by atoms with E-state index in [2.05, 4.69) is 21.5 Å². The Morgan fingerprint density at radius 2 is 2.30 bits per heavy atom. The van der Waals surface area contributed by atoms with Crippen LogP contribution in [0.1, 0.15) is 31.2 Å². The van der Waals surface area contributed by atoms with Gasteiger partial charge in [-0.2, -0.15) is 5.10 Å². The number of hydrogen-bond donors (Lipinski definition) is 1. The molecule has 4 rings (SSSR count). The van der Waals surface area contributed by atoms with Gasteiger partial charge < -0.3 is 10.1 Å². The molecule has 1 atom stereocenters. The lowest BCUT2D eigenvalue weighted by atomic mass is 9.77. The molecule has 0 radical (unpaired) electrons. The molecule has 3 aliphatic rings. The van der Waals surface area contributed by atoms with Gasteiger partial charge in [0.25, 0.3) is 0 Å². The van der Waals surface area contributed by atoms with Crippen LogP contribution in [-0.4, -0.2) is 52.9 Å². The summed E-state index contributed by atoms with van der Waals surface area (Å²) >= 11 is 0. The lowest BCUT2D eigenvalue weighted by Gasteiger charge is -2.47. The third-order valence-corrected chi connectivity index (χ3v) is 5.55. The molecule has 23 heavy (non-hydrogen) atoms. The van der Waals surface area contributed by atoms with Crippen LogP contribution in [0, 0.1) is 11.3 Å². The lowest BCUT2D eigenvalue weighted by Crippen LogP contribution is -2.56. The van der Waals surface area contributed by atoms with Crippen molar-refractivity contribution in [1.29, 1.82) is 0 Å². The molecule has 126 valence electrons. The van der Waals surface area contributed by atoms with Crippen LogP contribution in [0.2, 0.25) is 0 Å². The summed E-state index contributed by atoms with van der Waals surface area (Å²) in [5, 5.41) is 7.30. The molecule has 1 aromatic heterocycles. The average Bonchev–Trinajstić information content (AvgIpc) is 3.01. The van der Waals surface area contributed by atoms with E-state index >= 15 is 0 Å². The van der Waals surface area contributed by atoms with Gasteiger partial charge in [0.1, 0.15) is 0 Å². The number of carbonyl (C=O) groups excluding carboxylic acids is 1. The normalized spacial score (nSPS) is 26.9. The molecule has 0 bridgehead atoms. The van der Waals surface area contributed by atoms with E-state index in [9.17, 15) is 4.79 Å². The highest BCUT2D eigenvalue weighted by molar-refractivity contribution is 5.79. The Kier molecular flexibility index (Phi) is 3.89. The van der Waals surface area contributed by atoms with Gasteiger partial charge in [0.05, 0.1) is 18.9 Å². The average molecular weight is 318 g/mol. The van der Waals surface area contributed by atoms with Gasteiger partial charge in [-0.15, -0.1) is 0 Å². The van der Waals surface area contributed by atoms with Crippen LogP contribution in [0.4, 0.5) is 0 Å². The maximum Gasteiger partial charge on any atom is 0.223 e. The first-order valence-electron chi connectivity index (χ1n) is 8.71. The summed E-state index contributed by atoms with van der Waals surface area (Å²) in [4.78, 5) is 14.4. The molecular weight excluding hydrogens is 292 g/mol. The number of rotatable bonds is 5. The third kappa shape index (κ3) is 3.15. The highest BCUT2D eigenvalue weighted by Gasteiger charge is 2.48. The molecule has 1 N–H and O–H groups in total. The van der Waals surface area contributed by atoms with Crippen molar-refractivity contribution in [2.75, 3.05) is 26.2 Å². The summed E-state index contributed by atoms with van der Waals surface area (Å²) < 4.78 is 7.79. The molecule has 0 aromatic carbocycles. The summed E-state index contributed by atoms with van der Waals surface area (Å²) in [5.74, 6) is 0.497. The first kappa shape index (κ1) is 15.1. The second kappa shape index (κ2) is 5.91. The van der Waals surface area contributed by atoms with E-state index in [1.807, 2.05) is 17.9 Å². The molecule has 1 amide bonds. The molecular formula is C17H26N4O2. The Labute approximate surface area is 137 Å². The van der Waals surface area contributed by atoms with E-state index in [0.29, 0.717) is 12.0 Å². The smallest absolute Gasteiger partial charge is 0.223 e. The number of aryl methyl sites for hydroxylation is 1. The van der Waals surface area contributed by atoms with Crippen LogP contribution in [0.15, 0.2) is 12.4 Å². The number of nitrogens with zero attached hydrogens (tertiary/aromatic N) is 3. The maximum atomic E-state index is 11.9. The predicted molar refractivity (Wildman–Crippen MR) is 85.6 cm³/mol. The van der Waals surface area contributed by atoms with Crippen LogP contribution in [0.5, 0.6) is 0 Å². The highest BCUT2D eigenvalue weighted by atomic mass is 16.5. The Morgan fingerprint density at radius 1 is 1.48 bits per heavy atom. The number of likely N-dealkylation sites (tertiary alicyclic amines) is 1.